The Hall–Kier alpha value is -1.26. The van der Waals surface area contributed by atoms with Gasteiger partial charge in [-0.2, -0.15) is 0 Å². The van der Waals surface area contributed by atoms with Gasteiger partial charge in [-0.25, -0.2) is 0 Å². The molecular formula is C52H106N4O5. The molecule has 0 heterocycles. The highest BCUT2D eigenvalue weighted by atomic mass is 16.5. The lowest BCUT2D eigenvalue weighted by Gasteiger charge is -2.14. The largest absolute Gasteiger partial charge is 0.480 e. The molecule has 0 bridgehead atoms. The van der Waals surface area contributed by atoms with Crippen molar-refractivity contribution in [2.24, 2.45) is 0 Å². The highest BCUT2D eigenvalue weighted by Crippen LogP contribution is 2.15. The van der Waals surface area contributed by atoms with Crippen molar-refractivity contribution in [2.75, 3.05) is 65.7 Å². The second kappa shape index (κ2) is 53.1. The minimum atomic E-state index is -0.983. The summed E-state index contributed by atoms with van der Waals surface area (Å²) in [6.45, 7) is 12.4. The monoisotopic (exact) mass is 867 g/mol. The first-order valence-corrected chi connectivity index (χ1v) is 26.9. The Morgan fingerprint density at radius 1 is 0.377 bits per heavy atom. The molecule has 0 saturated carbocycles. The second-order valence-electron chi connectivity index (χ2n) is 18.1. The fourth-order valence-corrected chi connectivity index (χ4v) is 7.99. The van der Waals surface area contributed by atoms with Crippen LogP contribution in [0.4, 0.5) is 0 Å². The number of rotatable bonds is 54. The Bertz CT molecular complexity index is 866. The van der Waals surface area contributed by atoms with Crippen LogP contribution in [0.1, 0.15) is 251 Å². The summed E-state index contributed by atoms with van der Waals surface area (Å²) < 4.78 is 11.6. The van der Waals surface area contributed by atoms with Gasteiger partial charge < -0.3 is 35.8 Å². The zero-order valence-corrected chi connectivity index (χ0v) is 40.9. The van der Waals surface area contributed by atoms with Gasteiger partial charge >= 0.3 is 5.97 Å². The Morgan fingerprint density at radius 3 is 1.02 bits per heavy atom. The number of hydrogen-bond donors (Lipinski definition) is 5. The predicted octanol–water partition coefficient (Wildman–Crippen LogP) is 12.8. The van der Waals surface area contributed by atoms with Crippen LogP contribution in [-0.4, -0.2) is 88.7 Å². The van der Waals surface area contributed by atoms with Crippen molar-refractivity contribution in [3.63, 3.8) is 0 Å². The molecule has 0 aliphatic rings. The molecule has 0 saturated heterocycles. The Labute approximate surface area is 379 Å². The smallest absolute Gasteiger partial charge is 0.321 e. The molecule has 1 amide bonds. The SMILES string of the molecule is CCCCCCCCCCCCCCCCCCOCCCNCCCNC(=O)C[C@H](NCCCNCCCOCCCCCCCCCCCCCCCCCC)C(=O)O. The van der Waals surface area contributed by atoms with Crippen LogP contribution in [0.5, 0.6) is 0 Å². The van der Waals surface area contributed by atoms with Gasteiger partial charge in [-0.05, 0) is 71.2 Å². The van der Waals surface area contributed by atoms with Crippen LogP contribution >= 0.6 is 0 Å². The fourth-order valence-electron chi connectivity index (χ4n) is 7.99. The molecule has 9 nitrogen and oxygen atoms in total. The number of ether oxygens (including phenoxy) is 2. The van der Waals surface area contributed by atoms with Crippen molar-refractivity contribution in [2.45, 2.75) is 257 Å². The zero-order valence-electron chi connectivity index (χ0n) is 40.9. The molecule has 61 heavy (non-hydrogen) atoms. The van der Waals surface area contributed by atoms with E-state index in [1.807, 2.05) is 0 Å². The Balaban J connectivity index is 3.39. The van der Waals surface area contributed by atoms with E-state index >= 15 is 0 Å². The van der Waals surface area contributed by atoms with Crippen molar-refractivity contribution in [3.8, 4) is 0 Å². The van der Waals surface area contributed by atoms with E-state index in [0.717, 1.165) is 91.1 Å². The first kappa shape index (κ1) is 59.7. The first-order valence-electron chi connectivity index (χ1n) is 26.9. The summed E-state index contributed by atoms with van der Waals surface area (Å²) in [4.78, 5) is 24.1. The molecule has 0 fully saturated rings. The van der Waals surface area contributed by atoms with Crippen molar-refractivity contribution in [1.29, 1.82) is 0 Å². The van der Waals surface area contributed by atoms with Gasteiger partial charge in [-0.3, -0.25) is 9.59 Å². The Kier molecular flexibility index (Phi) is 52.0. The topological polar surface area (TPSA) is 121 Å². The van der Waals surface area contributed by atoms with Crippen LogP contribution in [-0.2, 0) is 19.1 Å². The number of carboxylic acid groups (broad SMARTS) is 1. The minimum Gasteiger partial charge on any atom is -0.480 e. The molecular weight excluding hydrogens is 761 g/mol. The summed E-state index contributed by atoms with van der Waals surface area (Å²) in [5, 5.41) is 22.3. The van der Waals surface area contributed by atoms with Gasteiger partial charge in [0.15, 0.2) is 0 Å². The van der Waals surface area contributed by atoms with E-state index in [-0.39, 0.29) is 12.3 Å². The van der Waals surface area contributed by atoms with Gasteiger partial charge in [0.2, 0.25) is 5.91 Å². The third-order valence-corrected chi connectivity index (χ3v) is 12.0. The summed E-state index contributed by atoms with van der Waals surface area (Å²) in [7, 11) is 0. The van der Waals surface area contributed by atoms with Gasteiger partial charge in [0.25, 0.3) is 0 Å². The third kappa shape index (κ3) is 51.3. The molecule has 0 spiro atoms. The summed E-state index contributed by atoms with van der Waals surface area (Å²) in [5.74, 6) is -1.21. The van der Waals surface area contributed by atoms with Crippen molar-refractivity contribution >= 4 is 11.9 Å². The number of hydrogen-bond acceptors (Lipinski definition) is 7. The maximum absolute atomic E-state index is 12.4. The number of carbonyl (C=O) groups is 2. The number of carboxylic acids is 1. The average Bonchev–Trinajstić information content (AvgIpc) is 3.25. The molecule has 0 aliphatic heterocycles. The van der Waals surface area contributed by atoms with Gasteiger partial charge in [0.05, 0.1) is 6.42 Å². The van der Waals surface area contributed by atoms with Crippen LogP contribution in [0.3, 0.4) is 0 Å². The van der Waals surface area contributed by atoms with Gasteiger partial charge in [0, 0.05) is 33.0 Å². The molecule has 0 aliphatic carbocycles. The number of aliphatic carboxylic acids is 1. The van der Waals surface area contributed by atoms with E-state index in [9.17, 15) is 14.7 Å². The van der Waals surface area contributed by atoms with E-state index in [2.05, 4.69) is 35.1 Å². The third-order valence-electron chi connectivity index (χ3n) is 12.0. The summed E-state index contributed by atoms with van der Waals surface area (Å²) in [6.07, 6.45) is 47.9. The standard InChI is InChI=1S/C52H106N4O5/c1-3-5-7-9-11-13-15-17-19-21-23-25-27-29-31-33-45-60-47-37-41-53-39-35-43-55-50(52(58)59)49-51(57)56-44-36-40-54-42-38-48-61-46-34-32-30-28-26-24-22-20-18-16-14-12-10-8-6-4-2/h50,53-55H,3-49H2,1-2H3,(H,56,57)(H,58,59)/t50-/m0/s1. The van der Waals surface area contributed by atoms with E-state index in [1.165, 1.54) is 193 Å². The molecule has 9 heteroatoms. The number of amides is 1. The van der Waals surface area contributed by atoms with Gasteiger partial charge in [-0.1, -0.05) is 206 Å². The van der Waals surface area contributed by atoms with E-state index < -0.39 is 12.0 Å². The Morgan fingerprint density at radius 2 is 0.672 bits per heavy atom. The quantitative estimate of drug-likeness (QED) is 0.0383. The lowest BCUT2D eigenvalue weighted by Crippen LogP contribution is -2.42. The van der Waals surface area contributed by atoms with Crippen LogP contribution in [0, 0.1) is 0 Å². The van der Waals surface area contributed by atoms with Gasteiger partial charge in [-0.15, -0.1) is 0 Å². The van der Waals surface area contributed by atoms with Crippen LogP contribution in [0.2, 0.25) is 0 Å². The van der Waals surface area contributed by atoms with Crippen molar-refractivity contribution < 1.29 is 24.2 Å². The molecule has 0 aromatic carbocycles. The minimum absolute atomic E-state index is 0.0519. The molecule has 5 N–H and O–H groups in total. The van der Waals surface area contributed by atoms with E-state index in [0.29, 0.717) is 13.1 Å². The lowest BCUT2D eigenvalue weighted by atomic mass is 10.0. The van der Waals surface area contributed by atoms with Crippen molar-refractivity contribution in [3.05, 3.63) is 0 Å². The summed E-state index contributed by atoms with van der Waals surface area (Å²) in [5.41, 5.74) is 0. The summed E-state index contributed by atoms with van der Waals surface area (Å²) in [6, 6.07) is -0.865. The average molecular weight is 867 g/mol. The second-order valence-corrected chi connectivity index (χ2v) is 18.1. The molecule has 0 radical (unpaired) electrons. The number of carbonyl (C=O) groups excluding carboxylic acids is 1. The maximum Gasteiger partial charge on any atom is 0.321 e. The van der Waals surface area contributed by atoms with E-state index in [4.69, 9.17) is 9.47 Å². The van der Waals surface area contributed by atoms with E-state index in [1.54, 1.807) is 0 Å². The molecule has 0 unspecified atom stereocenters. The molecule has 0 aromatic heterocycles. The van der Waals surface area contributed by atoms with Gasteiger partial charge in [0.1, 0.15) is 6.04 Å². The molecule has 364 valence electrons. The maximum atomic E-state index is 12.4. The van der Waals surface area contributed by atoms with Crippen LogP contribution in [0.25, 0.3) is 0 Å². The summed E-state index contributed by atoms with van der Waals surface area (Å²) >= 11 is 0. The highest BCUT2D eigenvalue weighted by Gasteiger charge is 2.20. The molecule has 0 rings (SSSR count). The highest BCUT2D eigenvalue weighted by molar-refractivity contribution is 5.84. The number of unbranched alkanes of at least 4 members (excludes halogenated alkanes) is 30. The van der Waals surface area contributed by atoms with Crippen LogP contribution in [0.15, 0.2) is 0 Å². The normalized spacial score (nSPS) is 12.0. The zero-order chi connectivity index (χ0) is 44.2. The first-order chi connectivity index (χ1) is 30.1. The van der Waals surface area contributed by atoms with Crippen LogP contribution < -0.4 is 21.3 Å². The fraction of sp³-hybridized carbons (Fsp3) is 0.962. The van der Waals surface area contributed by atoms with Crippen molar-refractivity contribution in [1.82, 2.24) is 21.3 Å². The molecule has 0 aromatic rings. The predicted molar refractivity (Wildman–Crippen MR) is 262 cm³/mol. The molecule has 1 atom stereocenters. The lowest BCUT2D eigenvalue weighted by molar-refractivity contribution is -0.141. The number of nitrogens with one attached hydrogen (secondary N) is 4.